The number of aryl methyl sites for hydroxylation is 4. The first-order chi connectivity index (χ1) is 15.0. The summed E-state index contributed by atoms with van der Waals surface area (Å²) in [6, 6.07) is 17.6. The highest BCUT2D eigenvalue weighted by Crippen LogP contribution is 2.26. The van der Waals surface area contributed by atoms with Crippen molar-refractivity contribution in [2.24, 2.45) is 0 Å². The van der Waals surface area contributed by atoms with E-state index in [2.05, 4.69) is 45.1 Å². The highest BCUT2D eigenvalue weighted by atomic mass is 16.5. The molecule has 0 aliphatic heterocycles. The summed E-state index contributed by atoms with van der Waals surface area (Å²) in [5.41, 5.74) is 7.00. The van der Waals surface area contributed by atoms with Crippen molar-refractivity contribution < 1.29 is 14.3 Å². The van der Waals surface area contributed by atoms with Gasteiger partial charge >= 0.3 is 0 Å². The van der Waals surface area contributed by atoms with E-state index in [-0.39, 0.29) is 5.91 Å². The third kappa shape index (κ3) is 5.26. The molecule has 0 atom stereocenters. The van der Waals surface area contributed by atoms with E-state index in [9.17, 15) is 4.79 Å². The first kappa shape index (κ1) is 22.4. The Labute approximate surface area is 185 Å². The van der Waals surface area contributed by atoms with Gasteiger partial charge in [0.05, 0.1) is 7.11 Å². The van der Waals surface area contributed by atoms with Gasteiger partial charge < -0.3 is 14.8 Å². The third-order valence-electron chi connectivity index (χ3n) is 5.65. The molecule has 0 unspecified atom stereocenters. The molecule has 1 N–H and O–H groups in total. The van der Waals surface area contributed by atoms with Gasteiger partial charge in [-0.25, -0.2) is 0 Å². The van der Waals surface area contributed by atoms with E-state index in [1.54, 1.807) is 13.2 Å². The van der Waals surface area contributed by atoms with Crippen molar-refractivity contribution in [2.45, 2.75) is 47.1 Å². The highest BCUT2D eigenvalue weighted by molar-refractivity contribution is 6.05. The zero-order valence-electron chi connectivity index (χ0n) is 19.0. The van der Waals surface area contributed by atoms with E-state index < -0.39 is 0 Å². The third-order valence-corrected chi connectivity index (χ3v) is 5.65. The normalized spacial score (nSPS) is 10.6. The second-order valence-corrected chi connectivity index (χ2v) is 7.67. The van der Waals surface area contributed by atoms with E-state index in [1.807, 2.05) is 36.4 Å². The van der Waals surface area contributed by atoms with Gasteiger partial charge in [-0.2, -0.15) is 0 Å². The number of nitrogens with one attached hydrogen (secondary N) is 1. The minimum Gasteiger partial charge on any atom is -0.496 e. The Morgan fingerprint density at radius 2 is 1.58 bits per heavy atom. The van der Waals surface area contributed by atoms with Crippen LogP contribution in [0.1, 0.15) is 52.0 Å². The van der Waals surface area contributed by atoms with Crippen LogP contribution in [0.25, 0.3) is 0 Å². The van der Waals surface area contributed by atoms with Gasteiger partial charge in [0, 0.05) is 16.8 Å². The second-order valence-electron chi connectivity index (χ2n) is 7.67. The Morgan fingerprint density at radius 3 is 2.19 bits per heavy atom. The summed E-state index contributed by atoms with van der Waals surface area (Å²) < 4.78 is 11.5. The van der Waals surface area contributed by atoms with Crippen molar-refractivity contribution in [3.63, 3.8) is 0 Å². The van der Waals surface area contributed by atoms with E-state index >= 15 is 0 Å². The molecular formula is C27H31NO3. The summed E-state index contributed by atoms with van der Waals surface area (Å²) in [7, 11) is 1.62. The van der Waals surface area contributed by atoms with Crippen molar-refractivity contribution in [1.29, 1.82) is 0 Å². The molecule has 0 bridgehead atoms. The first-order valence-corrected chi connectivity index (χ1v) is 10.8. The lowest BCUT2D eigenvalue weighted by molar-refractivity contribution is 0.102. The number of rotatable bonds is 8. The monoisotopic (exact) mass is 417 g/mol. The molecule has 31 heavy (non-hydrogen) atoms. The molecule has 1 amide bonds. The van der Waals surface area contributed by atoms with Crippen LogP contribution in [0.15, 0.2) is 54.6 Å². The van der Waals surface area contributed by atoms with Gasteiger partial charge in [0.2, 0.25) is 0 Å². The van der Waals surface area contributed by atoms with Gasteiger partial charge in [-0.1, -0.05) is 38.1 Å². The van der Waals surface area contributed by atoms with Crippen LogP contribution in [0.3, 0.4) is 0 Å². The Morgan fingerprint density at radius 1 is 0.871 bits per heavy atom. The molecule has 0 aliphatic carbocycles. The molecule has 0 fully saturated rings. The molecule has 0 aliphatic rings. The summed E-state index contributed by atoms with van der Waals surface area (Å²) >= 11 is 0. The maximum Gasteiger partial charge on any atom is 0.255 e. The maximum absolute atomic E-state index is 13.1. The fourth-order valence-electron chi connectivity index (χ4n) is 3.59. The Bertz CT molecular complexity index is 1050. The van der Waals surface area contributed by atoms with Crippen LogP contribution in [0, 0.1) is 13.8 Å². The van der Waals surface area contributed by atoms with Crippen LogP contribution in [-0.4, -0.2) is 13.0 Å². The molecule has 3 aromatic rings. The SMILES string of the molecule is CCc1cccc(CC)c1NC(=O)c1ccc(OC)c(COc2ccc(C)c(C)c2)c1. The molecule has 3 rings (SSSR count). The Kier molecular flexibility index (Phi) is 7.35. The zero-order chi connectivity index (χ0) is 22.4. The van der Waals surface area contributed by atoms with E-state index in [0.29, 0.717) is 17.9 Å². The quantitative estimate of drug-likeness (QED) is 0.470. The van der Waals surface area contributed by atoms with Gasteiger partial charge in [0.15, 0.2) is 0 Å². The molecule has 3 aromatic carbocycles. The average molecular weight is 418 g/mol. The molecular weight excluding hydrogens is 386 g/mol. The molecule has 4 heteroatoms. The lowest BCUT2D eigenvalue weighted by Crippen LogP contribution is -2.15. The number of carbonyl (C=O) groups is 1. The standard InChI is InChI=1S/C27H31NO3/c1-6-20-9-8-10-21(7-2)26(20)28-27(29)22-12-14-25(30-5)23(16-22)17-31-24-13-11-18(3)19(4)15-24/h8-16H,6-7,17H2,1-5H3,(H,28,29). The van der Waals surface area contributed by atoms with Crippen LogP contribution in [0.2, 0.25) is 0 Å². The zero-order valence-corrected chi connectivity index (χ0v) is 19.0. The summed E-state index contributed by atoms with van der Waals surface area (Å²) in [5, 5.41) is 3.13. The number of hydrogen-bond donors (Lipinski definition) is 1. The van der Waals surface area contributed by atoms with Crippen molar-refractivity contribution in [3.8, 4) is 11.5 Å². The van der Waals surface area contributed by atoms with Crippen LogP contribution in [0.5, 0.6) is 11.5 Å². The van der Waals surface area contributed by atoms with E-state index in [4.69, 9.17) is 9.47 Å². The molecule has 4 nitrogen and oxygen atoms in total. The topological polar surface area (TPSA) is 47.6 Å². The Balaban J connectivity index is 1.83. The lowest BCUT2D eigenvalue weighted by atomic mass is 10.0. The summed E-state index contributed by atoms with van der Waals surface area (Å²) in [6.45, 7) is 8.65. The molecule has 0 aromatic heterocycles. The smallest absolute Gasteiger partial charge is 0.255 e. The summed E-state index contributed by atoms with van der Waals surface area (Å²) in [5.74, 6) is 1.36. The number of hydrogen-bond acceptors (Lipinski definition) is 3. The van der Waals surface area contributed by atoms with Crippen LogP contribution in [0.4, 0.5) is 5.69 Å². The summed E-state index contributed by atoms with van der Waals surface area (Å²) in [4.78, 5) is 13.1. The fourth-order valence-corrected chi connectivity index (χ4v) is 3.59. The molecule has 0 heterocycles. The van der Waals surface area contributed by atoms with Crippen molar-refractivity contribution in [2.75, 3.05) is 12.4 Å². The van der Waals surface area contributed by atoms with Gasteiger partial charge in [-0.15, -0.1) is 0 Å². The minimum atomic E-state index is -0.134. The average Bonchev–Trinajstić information content (AvgIpc) is 2.79. The predicted molar refractivity (Wildman–Crippen MR) is 126 cm³/mol. The number of anilines is 1. The van der Waals surface area contributed by atoms with E-state index in [0.717, 1.165) is 41.0 Å². The number of amides is 1. The molecule has 0 spiro atoms. The molecule has 0 saturated carbocycles. The van der Waals surface area contributed by atoms with Crippen LogP contribution >= 0.6 is 0 Å². The largest absolute Gasteiger partial charge is 0.496 e. The Hall–Kier alpha value is -3.27. The number of para-hydroxylation sites is 1. The van der Waals surface area contributed by atoms with Gasteiger partial charge in [0.25, 0.3) is 5.91 Å². The predicted octanol–water partition coefficient (Wildman–Crippen LogP) is 6.27. The highest BCUT2D eigenvalue weighted by Gasteiger charge is 2.14. The van der Waals surface area contributed by atoms with Gasteiger partial charge in [-0.05, 0) is 79.3 Å². The number of methoxy groups -OCH3 is 1. The van der Waals surface area contributed by atoms with Crippen LogP contribution in [-0.2, 0) is 19.4 Å². The number of benzene rings is 3. The molecule has 0 saturated heterocycles. The fraction of sp³-hybridized carbons (Fsp3) is 0.296. The van der Waals surface area contributed by atoms with Gasteiger partial charge in [-0.3, -0.25) is 4.79 Å². The van der Waals surface area contributed by atoms with Crippen molar-refractivity contribution in [3.05, 3.63) is 88.0 Å². The molecule has 0 radical (unpaired) electrons. The first-order valence-electron chi connectivity index (χ1n) is 10.8. The lowest BCUT2D eigenvalue weighted by Gasteiger charge is -2.16. The number of ether oxygens (including phenoxy) is 2. The maximum atomic E-state index is 13.1. The van der Waals surface area contributed by atoms with Crippen molar-refractivity contribution >= 4 is 11.6 Å². The minimum absolute atomic E-state index is 0.134. The second kappa shape index (κ2) is 10.2. The van der Waals surface area contributed by atoms with E-state index in [1.165, 1.54) is 11.1 Å². The van der Waals surface area contributed by atoms with Crippen molar-refractivity contribution in [1.82, 2.24) is 0 Å². The summed E-state index contributed by atoms with van der Waals surface area (Å²) in [6.07, 6.45) is 1.72. The number of carbonyl (C=O) groups excluding carboxylic acids is 1. The van der Waals surface area contributed by atoms with Crippen LogP contribution < -0.4 is 14.8 Å². The van der Waals surface area contributed by atoms with Gasteiger partial charge in [0.1, 0.15) is 18.1 Å². The molecule has 162 valence electrons.